The zero-order valence-corrected chi connectivity index (χ0v) is 13.8. The highest BCUT2D eigenvalue weighted by Crippen LogP contribution is 2.28. The van der Waals surface area contributed by atoms with E-state index in [1.807, 2.05) is 13.8 Å². The van der Waals surface area contributed by atoms with E-state index >= 15 is 0 Å². The molecule has 0 aromatic heterocycles. The smallest absolute Gasteiger partial charge is 0.335 e. The minimum Gasteiger partial charge on any atom is -0.478 e. The van der Waals surface area contributed by atoms with Gasteiger partial charge in [0, 0.05) is 19.1 Å². The van der Waals surface area contributed by atoms with Gasteiger partial charge >= 0.3 is 5.97 Å². The van der Waals surface area contributed by atoms with Crippen molar-refractivity contribution >= 4 is 16.0 Å². The van der Waals surface area contributed by atoms with Gasteiger partial charge in [0.1, 0.15) is 0 Å². The maximum absolute atomic E-state index is 12.7. The Morgan fingerprint density at radius 1 is 1.36 bits per heavy atom. The first-order valence-corrected chi connectivity index (χ1v) is 8.68. The minimum absolute atomic E-state index is 0.00461. The summed E-state index contributed by atoms with van der Waals surface area (Å²) in [6.45, 7) is 6.32. The zero-order chi connectivity index (χ0) is 16.7. The molecule has 1 aliphatic heterocycles. The van der Waals surface area contributed by atoms with Crippen molar-refractivity contribution < 1.29 is 18.3 Å². The molecule has 0 amide bonds. The van der Waals surface area contributed by atoms with Crippen molar-refractivity contribution in [1.82, 2.24) is 4.31 Å². The largest absolute Gasteiger partial charge is 0.478 e. The van der Waals surface area contributed by atoms with E-state index in [0.717, 1.165) is 0 Å². The molecule has 22 heavy (non-hydrogen) atoms. The lowest BCUT2D eigenvalue weighted by Gasteiger charge is -2.19. The summed E-state index contributed by atoms with van der Waals surface area (Å²) in [5, 5.41) is 9.15. The topological polar surface area (TPSA) is 101 Å². The zero-order valence-electron chi connectivity index (χ0n) is 13.0. The number of nitrogens with zero attached hydrogens (tertiary/aromatic N) is 1. The number of aryl methyl sites for hydroxylation is 1. The van der Waals surface area contributed by atoms with Gasteiger partial charge in [-0.15, -0.1) is 0 Å². The van der Waals surface area contributed by atoms with Crippen molar-refractivity contribution in [2.24, 2.45) is 17.6 Å². The SMILES string of the molecule is Cc1ccc(S(=O)(=O)N2C[C@H](C(C)C)[C@@H](N)C2)cc1C(=O)O. The van der Waals surface area contributed by atoms with Gasteiger partial charge in [-0.3, -0.25) is 0 Å². The normalized spacial score (nSPS) is 23.1. The number of nitrogens with two attached hydrogens (primary N) is 1. The number of carbonyl (C=O) groups is 1. The van der Waals surface area contributed by atoms with Gasteiger partial charge in [0.2, 0.25) is 10.0 Å². The molecule has 1 saturated heterocycles. The summed E-state index contributed by atoms with van der Waals surface area (Å²) in [5.74, 6) is -0.727. The van der Waals surface area contributed by atoms with E-state index in [-0.39, 0.29) is 29.0 Å². The molecular weight excluding hydrogens is 304 g/mol. The quantitative estimate of drug-likeness (QED) is 0.868. The Labute approximate surface area is 131 Å². The van der Waals surface area contributed by atoms with E-state index in [0.29, 0.717) is 18.0 Å². The van der Waals surface area contributed by atoms with Crippen molar-refractivity contribution in [3.8, 4) is 0 Å². The summed E-state index contributed by atoms with van der Waals surface area (Å²) in [6.07, 6.45) is 0. The third-order valence-corrected chi connectivity index (χ3v) is 6.14. The maximum Gasteiger partial charge on any atom is 0.335 e. The van der Waals surface area contributed by atoms with Crippen molar-refractivity contribution in [1.29, 1.82) is 0 Å². The number of sulfonamides is 1. The van der Waals surface area contributed by atoms with E-state index < -0.39 is 16.0 Å². The number of rotatable bonds is 4. The van der Waals surface area contributed by atoms with Gasteiger partial charge in [0.15, 0.2) is 0 Å². The molecule has 3 N–H and O–H groups in total. The standard InChI is InChI=1S/C15H22N2O4S/c1-9(2)13-7-17(8-14(13)16)22(20,21)11-5-4-10(3)12(6-11)15(18)19/h4-6,9,13-14H,7-8,16H2,1-3H3,(H,18,19)/t13-,14+/m1/s1. The van der Waals surface area contributed by atoms with Crippen LogP contribution in [0, 0.1) is 18.8 Å². The van der Waals surface area contributed by atoms with Gasteiger partial charge < -0.3 is 10.8 Å². The van der Waals surface area contributed by atoms with E-state index in [1.54, 1.807) is 6.92 Å². The Morgan fingerprint density at radius 3 is 2.50 bits per heavy atom. The number of carboxylic acid groups (broad SMARTS) is 1. The molecule has 0 radical (unpaired) electrons. The fourth-order valence-electron chi connectivity index (χ4n) is 2.86. The van der Waals surface area contributed by atoms with Gasteiger partial charge in [0.25, 0.3) is 0 Å². The van der Waals surface area contributed by atoms with Crippen LogP contribution in [-0.4, -0.2) is 42.9 Å². The van der Waals surface area contributed by atoms with Crippen molar-refractivity contribution in [3.63, 3.8) is 0 Å². The molecular formula is C15H22N2O4S. The molecule has 1 fully saturated rings. The second-order valence-electron chi connectivity index (χ2n) is 6.18. The Balaban J connectivity index is 2.36. The van der Waals surface area contributed by atoms with Crippen LogP contribution in [0.2, 0.25) is 0 Å². The summed E-state index contributed by atoms with van der Waals surface area (Å²) < 4.78 is 26.8. The average molecular weight is 326 g/mol. The molecule has 1 aromatic carbocycles. The van der Waals surface area contributed by atoms with E-state index in [4.69, 9.17) is 10.8 Å². The van der Waals surface area contributed by atoms with Crippen LogP contribution in [0.1, 0.15) is 29.8 Å². The highest BCUT2D eigenvalue weighted by molar-refractivity contribution is 7.89. The van der Waals surface area contributed by atoms with E-state index in [1.165, 1.54) is 22.5 Å². The van der Waals surface area contributed by atoms with Crippen LogP contribution in [0.15, 0.2) is 23.1 Å². The van der Waals surface area contributed by atoms with Crippen LogP contribution in [0.5, 0.6) is 0 Å². The summed E-state index contributed by atoms with van der Waals surface area (Å²) >= 11 is 0. The monoisotopic (exact) mass is 326 g/mol. The molecule has 0 spiro atoms. The fourth-order valence-corrected chi connectivity index (χ4v) is 4.40. The van der Waals surface area contributed by atoms with Gasteiger partial charge in [-0.2, -0.15) is 4.31 Å². The van der Waals surface area contributed by atoms with Crippen LogP contribution in [0.3, 0.4) is 0 Å². The first-order valence-electron chi connectivity index (χ1n) is 7.24. The molecule has 1 aliphatic rings. The Hall–Kier alpha value is -1.44. The first-order chi connectivity index (χ1) is 10.1. The maximum atomic E-state index is 12.7. The van der Waals surface area contributed by atoms with Crippen LogP contribution in [0.4, 0.5) is 0 Å². The molecule has 122 valence electrons. The molecule has 0 saturated carbocycles. The molecule has 1 heterocycles. The second kappa shape index (κ2) is 5.98. The lowest BCUT2D eigenvalue weighted by Crippen LogP contribution is -2.33. The van der Waals surface area contributed by atoms with E-state index in [9.17, 15) is 13.2 Å². The highest BCUT2D eigenvalue weighted by Gasteiger charge is 2.39. The molecule has 1 aromatic rings. The number of benzene rings is 1. The highest BCUT2D eigenvalue weighted by atomic mass is 32.2. The predicted octanol–water partition coefficient (Wildman–Crippen LogP) is 1.30. The van der Waals surface area contributed by atoms with Gasteiger partial charge in [-0.25, -0.2) is 13.2 Å². The fraction of sp³-hybridized carbons (Fsp3) is 0.533. The number of carboxylic acids is 1. The van der Waals surface area contributed by atoms with Crippen LogP contribution < -0.4 is 5.73 Å². The third-order valence-electron chi connectivity index (χ3n) is 4.31. The minimum atomic E-state index is -3.72. The van der Waals surface area contributed by atoms with Crippen LogP contribution in [0.25, 0.3) is 0 Å². The summed E-state index contributed by atoms with van der Waals surface area (Å²) in [6, 6.07) is 4.00. The number of hydrogen-bond donors (Lipinski definition) is 2. The van der Waals surface area contributed by atoms with Crippen molar-refractivity contribution in [3.05, 3.63) is 29.3 Å². The van der Waals surface area contributed by atoms with Crippen molar-refractivity contribution in [2.75, 3.05) is 13.1 Å². The molecule has 2 rings (SSSR count). The summed E-state index contributed by atoms with van der Waals surface area (Å²) in [4.78, 5) is 11.2. The second-order valence-corrected chi connectivity index (χ2v) is 8.11. The number of hydrogen-bond acceptors (Lipinski definition) is 4. The van der Waals surface area contributed by atoms with Gasteiger partial charge in [-0.05, 0) is 36.5 Å². The van der Waals surface area contributed by atoms with E-state index in [2.05, 4.69) is 0 Å². The molecule has 0 bridgehead atoms. The lowest BCUT2D eigenvalue weighted by atomic mass is 9.92. The Kier molecular flexibility index (Phi) is 4.60. The van der Waals surface area contributed by atoms with Crippen molar-refractivity contribution in [2.45, 2.75) is 31.7 Å². The van der Waals surface area contributed by atoms with Gasteiger partial charge in [0.05, 0.1) is 10.5 Å². The van der Waals surface area contributed by atoms with Crippen LogP contribution >= 0.6 is 0 Å². The molecule has 2 atom stereocenters. The number of aromatic carboxylic acids is 1. The average Bonchev–Trinajstić information content (AvgIpc) is 2.81. The third kappa shape index (κ3) is 3.02. The molecule has 0 unspecified atom stereocenters. The first kappa shape index (κ1) is 16.9. The molecule has 7 heteroatoms. The summed E-state index contributed by atoms with van der Waals surface area (Å²) in [7, 11) is -3.72. The molecule has 0 aliphatic carbocycles. The van der Waals surface area contributed by atoms with Gasteiger partial charge in [-0.1, -0.05) is 19.9 Å². The van der Waals surface area contributed by atoms with Crippen LogP contribution in [-0.2, 0) is 10.0 Å². The Morgan fingerprint density at radius 2 is 2.00 bits per heavy atom. The Bertz CT molecular complexity index is 685. The summed E-state index contributed by atoms with van der Waals surface area (Å²) in [5.41, 5.74) is 6.58. The predicted molar refractivity (Wildman–Crippen MR) is 83.2 cm³/mol. The lowest BCUT2D eigenvalue weighted by molar-refractivity contribution is 0.0696. The molecule has 6 nitrogen and oxygen atoms in total.